The normalized spacial score (nSPS) is 16.0. The molecule has 5 heteroatoms. The minimum Gasteiger partial charge on any atom is -0.485 e. The van der Waals surface area contributed by atoms with Crippen LogP contribution in [0.1, 0.15) is 56.7 Å². The summed E-state index contributed by atoms with van der Waals surface area (Å²) in [6.45, 7) is 4.82. The van der Waals surface area contributed by atoms with Crippen molar-refractivity contribution >= 4 is 17.1 Å². The maximum Gasteiger partial charge on any atom is 0.202 e. The Morgan fingerprint density at radius 3 is 2.93 bits per heavy atom. The SMILES string of the molecule is Cc1cc(C(=O)COc2cccc3c2CCC[C@H]3O)c(C)n1Cc1cccs1. The summed E-state index contributed by atoms with van der Waals surface area (Å²) in [6, 6.07) is 11.8. The fourth-order valence-corrected chi connectivity index (χ4v) is 4.72. The molecule has 0 aliphatic heterocycles. The minimum absolute atomic E-state index is 0.00977. The van der Waals surface area contributed by atoms with Crippen molar-refractivity contribution in [2.24, 2.45) is 0 Å². The van der Waals surface area contributed by atoms with Crippen LogP contribution in [-0.2, 0) is 13.0 Å². The van der Waals surface area contributed by atoms with Gasteiger partial charge in [-0.1, -0.05) is 18.2 Å². The van der Waals surface area contributed by atoms with E-state index in [0.717, 1.165) is 59.6 Å². The van der Waals surface area contributed by atoms with Crippen molar-refractivity contribution in [2.75, 3.05) is 6.61 Å². The molecule has 28 heavy (non-hydrogen) atoms. The Labute approximate surface area is 169 Å². The molecule has 0 amide bonds. The molecule has 0 saturated carbocycles. The Balaban J connectivity index is 1.50. The van der Waals surface area contributed by atoms with Crippen LogP contribution in [0, 0.1) is 13.8 Å². The first-order valence-corrected chi connectivity index (χ1v) is 10.6. The van der Waals surface area contributed by atoms with E-state index in [1.807, 2.05) is 44.2 Å². The minimum atomic E-state index is -0.431. The van der Waals surface area contributed by atoms with Crippen LogP contribution in [0.4, 0.5) is 0 Å². The van der Waals surface area contributed by atoms with Gasteiger partial charge in [-0.3, -0.25) is 4.79 Å². The second-order valence-electron chi connectivity index (χ2n) is 7.39. The summed E-state index contributed by atoms with van der Waals surface area (Å²) in [5.74, 6) is 0.705. The molecule has 3 aromatic rings. The van der Waals surface area contributed by atoms with Gasteiger partial charge in [-0.15, -0.1) is 11.3 Å². The van der Waals surface area contributed by atoms with E-state index in [4.69, 9.17) is 4.74 Å². The lowest BCUT2D eigenvalue weighted by atomic mass is 9.89. The van der Waals surface area contributed by atoms with Crippen molar-refractivity contribution in [2.45, 2.75) is 45.8 Å². The van der Waals surface area contributed by atoms with Crippen LogP contribution < -0.4 is 4.74 Å². The quantitative estimate of drug-likeness (QED) is 0.607. The predicted molar refractivity (Wildman–Crippen MR) is 111 cm³/mol. The van der Waals surface area contributed by atoms with E-state index in [2.05, 4.69) is 16.0 Å². The van der Waals surface area contributed by atoms with Gasteiger partial charge >= 0.3 is 0 Å². The van der Waals surface area contributed by atoms with Gasteiger partial charge in [0.2, 0.25) is 5.78 Å². The van der Waals surface area contributed by atoms with Gasteiger partial charge in [0.1, 0.15) is 5.75 Å². The highest BCUT2D eigenvalue weighted by Crippen LogP contribution is 2.35. The third kappa shape index (κ3) is 3.64. The molecule has 1 N–H and O–H groups in total. The highest BCUT2D eigenvalue weighted by atomic mass is 32.1. The maximum atomic E-state index is 12.9. The summed E-state index contributed by atoms with van der Waals surface area (Å²) >= 11 is 1.72. The third-order valence-corrected chi connectivity index (χ3v) is 6.42. The van der Waals surface area contributed by atoms with Crippen LogP contribution in [0.3, 0.4) is 0 Å². The molecule has 1 aliphatic carbocycles. The number of aromatic nitrogens is 1. The van der Waals surface area contributed by atoms with Gasteiger partial charge in [-0.2, -0.15) is 0 Å². The average Bonchev–Trinajstić information content (AvgIpc) is 3.30. The van der Waals surface area contributed by atoms with E-state index < -0.39 is 6.10 Å². The van der Waals surface area contributed by atoms with Crippen LogP contribution in [0.5, 0.6) is 5.75 Å². The van der Waals surface area contributed by atoms with E-state index in [1.54, 1.807) is 11.3 Å². The Morgan fingerprint density at radius 2 is 2.14 bits per heavy atom. The molecule has 146 valence electrons. The van der Waals surface area contributed by atoms with E-state index in [0.29, 0.717) is 0 Å². The topological polar surface area (TPSA) is 51.5 Å². The molecule has 1 atom stereocenters. The Hall–Kier alpha value is -2.37. The van der Waals surface area contributed by atoms with Crippen molar-refractivity contribution in [1.82, 2.24) is 4.57 Å². The van der Waals surface area contributed by atoms with Gasteiger partial charge in [0, 0.05) is 21.8 Å². The van der Waals surface area contributed by atoms with Gasteiger partial charge in [-0.05, 0) is 67.8 Å². The van der Waals surface area contributed by atoms with Gasteiger partial charge in [0.25, 0.3) is 0 Å². The molecule has 0 unspecified atom stereocenters. The first-order chi connectivity index (χ1) is 13.5. The molecule has 4 nitrogen and oxygen atoms in total. The lowest BCUT2D eigenvalue weighted by molar-refractivity contribution is 0.0919. The lowest BCUT2D eigenvalue weighted by Gasteiger charge is -2.23. The van der Waals surface area contributed by atoms with Crippen molar-refractivity contribution in [1.29, 1.82) is 0 Å². The summed E-state index contributed by atoms with van der Waals surface area (Å²) in [6.07, 6.45) is 2.17. The average molecular weight is 396 g/mol. The highest BCUT2D eigenvalue weighted by Gasteiger charge is 2.22. The number of hydrogen-bond donors (Lipinski definition) is 1. The molecule has 2 aromatic heterocycles. The second-order valence-corrected chi connectivity index (χ2v) is 8.43. The first kappa shape index (κ1) is 19.0. The van der Waals surface area contributed by atoms with Gasteiger partial charge < -0.3 is 14.4 Å². The number of aryl methyl sites for hydroxylation is 1. The zero-order valence-corrected chi connectivity index (χ0v) is 17.1. The summed E-state index contributed by atoms with van der Waals surface area (Å²) in [5, 5.41) is 12.3. The number of carbonyl (C=O) groups is 1. The van der Waals surface area contributed by atoms with Crippen molar-refractivity contribution in [3.8, 4) is 5.75 Å². The fraction of sp³-hybridized carbons (Fsp3) is 0.348. The molecule has 1 aromatic carbocycles. The van der Waals surface area contributed by atoms with Gasteiger partial charge in [0.05, 0.1) is 12.6 Å². The largest absolute Gasteiger partial charge is 0.485 e. The van der Waals surface area contributed by atoms with Crippen LogP contribution in [-0.4, -0.2) is 22.1 Å². The third-order valence-electron chi connectivity index (χ3n) is 5.56. The molecule has 0 fully saturated rings. The molecule has 2 heterocycles. The number of ether oxygens (including phenoxy) is 1. The maximum absolute atomic E-state index is 12.9. The van der Waals surface area contributed by atoms with Crippen LogP contribution in [0.2, 0.25) is 0 Å². The monoisotopic (exact) mass is 395 g/mol. The number of carbonyl (C=O) groups excluding carboxylic acids is 1. The Kier molecular flexibility index (Phi) is 5.38. The predicted octanol–water partition coefficient (Wildman–Crippen LogP) is 4.85. The lowest BCUT2D eigenvalue weighted by Crippen LogP contribution is -2.16. The molecule has 0 spiro atoms. The Bertz CT molecular complexity index is 988. The Morgan fingerprint density at radius 1 is 1.29 bits per heavy atom. The van der Waals surface area contributed by atoms with Gasteiger partial charge in [0.15, 0.2) is 6.61 Å². The number of aliphatic hydroxyl groups is 1. The summed E-state index contributed by atoms with van der Waals surface area (Å²) in [7, 11) is 0. The molecular weight excluding hydrogens is 370 g/mol. The van der Waals surface area contributed by atoms with Crippen molar-refractivity contribution < 1.29 is 14.6 Å². The van der Waals surface area contributed by atoms with E-state index in [1.165, 1.54) is 4.88 Å². The molecule has 0 radical (unpaired) electrons. The summed E-state index contributed by atoms with van der Waals surface area (Å²) in [4.78, 5) is 14.1. The van der Waals surface area contributed by atoms with Crippen LogP contribution >= 0.6 is 11.3 Å². The number of benzene rings is 1. The number of Topliss-reactive ketones (excluding diaryl/α,β-unsaturated/α-hetero) is 1. The zero-order chi connectivity index (χ0) is 19.7. The second kappa shape index (κ2) is 7.94. The molecule has 4 rings (SSSR count). The standard InChI is InChI=1S/C23H25NO3S/c1-15-12-20(16(2)24(15)13-17-6-5-11-28-17)22(26)14-27-23-10-4-7-18-19(23)8-3-9-21(18)25/h4-7,10-12,21,25H,3,8-9,13-14H2,1-2H3/t21-/m1/s1. The fourth-order valence-electron chi connectivity index (χ4n) is 4.03. The van der Waals surface area contributed by atoms with E-state index in [9.17, 15) is 9.90 Å². The number of fused-ring (bicyclic) bond motifs is 1. The van der Waals surface area contributed by atoms with Crippen LogP contribution in [0.15, 0.2) is 41.8 Å². The van der Waals surface area contributed by atoms with Crippen molar-refractivity contribution in [3.63, 3.8) is 0 Å². The number of ketones is 1. The highest BCUT2D eigenvalue weighted by molar-refractivity contribution is 7.09. The summed E-state index contributed by atoms with van der Waals surface area (Å²) in [5.41, 5.74) is 4.75. The van der Waals surface area contributed by atoms with Gasteiger partial charge in [-0.25, -0.2) is 0 Å². The molecule has 0 saturated heterocycles. The zero-order valence-electron chi connectivity index (χ0n) is 16.3. The van der Waals surface area contributed by atoms with E-state index >= 15 is 0 Å². The molecule has 1 aliphatic rings. The van der Waals surface area contributed by atoms with E-state index in [-0.39, 0.29) is 12.4 Å². The number of hydrogen-bond acceptors (Lipinski definition) is 4. The summed E-state index contributed by atoms with van der Waals surface area (Å²) < 4.78 is 8.09. The molecule has 0 bridgehead atoms. The number of nitrogens with zero attached hydrogens (tertiary/aromatic N) is 1. The first-order valence-electron chi connectivity index (χ1n) is 9.69. The molecular formula is C23H25NO3S. The number of thiophene rings is 1. The van der Waals surface area contributed by atoms with Crippen LogP contribution in [0.25, 0.3) is 0 Å². The number of aliphatic hydroxyl groups excluding tert-OH is 1. The van der Waals surface area contributed by atoms with Crippen molar-refractivity contribution in [3.05, 3.63) is 74.7 Å². The number of rotatable bonds is 6. The smallest absolute Gasteiger partial charge is 0.202 e.